The normalized spacial score (nSPS) is 11.2. The van der Waals surface area contributed by atoms with Crippen LogP contribution in [0.3, 0.4) is 0 Å². The van der Waals surface area contributed by atoms with Crippen LogP contribution in [0, 0.1) is 0 Å². The van der Waals surface area contributed by atoms with Crippen molar-refractivity contribution in [1.29, 1.82) is 0 Å². The maximum atomic E-state index is 3.22. The number of unbranched alkanes of at least 4 members (excludes halogenated alkanes) is 6. The predicted molar refractivity (Wildman–Crippen MR) is 74.0 cm³/mol. The largest absolute Gasteiger partial charge is 0.318 e. The molecule has 0 aliphatic carbocycles. The first-order valence-corrected chi connectivity index (χ1v) is 7.22. The zero-order chi connectivity index (χ0) is 12.1. The molecule has 0 rings (SSSR count). The maximum absolute atomic E-state index is 3.22. The van der Waals surface area contributed by atoms with E-state index in [1.54, 1.807) is 0 Å². The average Bonchev–Trinajstić information content (AvgIpc) is 2.32. The lowest BCUT2D eigenvalue weighted by atomic mass is 10.1. The topological polar surface area (TPSA) is 15.3 Å². The number of rotatable bonds is 12. The second-order valence-electron chi connectivity index (χ2n) is 4.66. The van der Waals surface area contributed by atoms with Gasteiger partial charge in [-0.1, -0.05) is 52.4 Å². The van der Waals surface area contributed by atoms with Crippen molar-refractivity contribution in [3.8, 4) is 0 Å². The molecule has 0 amide bonds. The van der Waals surface area contributed by atoms with E-state index in [0.717, 1.165) is 6.54 Å². The van der Waals surface area contributed by atoms with Crippen molar-refractivity contribution in [1.82, 2.24) is 10.2 Å². The SMILES string of the molecule is CCCCCCCCCN(CC)CCNC. The Labute approximate surface area is 103 Å². The molecule has 0 fully saturated rings. The van der Waals surface area contributed by atoms with Crippen LogP contribution in [0.2, 0.25) is 0 Å². The fourth-order valence-corrected chi connectivity index (χ4v) is 1.99. The highest BCUT2D eigenvalue weighted by atomic mass is 15.1. The molecule has 0 spiro atoms. The Hall–Kier alpha value is -0.0800. The number of likely N-dealkylation sites (N-methyl/N-ethyl adjacent to an activating group) is 2. The number of nitrogens with one attached hydrogen (secondary N) is 1. The van der Waals surface area contributed by atoms with E-state index in [0.29, 0.717) is 0 Å². The molecule has 0 aromatic heterocycles. The van der Waals surface area contributed by atoms with Gasteiger partial charge in [0.2, 0.25) is 0 Å². The van der Waals surface area contributed by atoms with Gasteiger partial charge in [0.25, 0.3) is 0 Å². The van der Waals surface area contributed by atoms with Gasteiger partial charge in [0.15, 0.2) is 0 Å². The smallest absolute Gasteiger partial charge is 0.0107 e. The zero-order valence-electron chi connectivity index (χ0n) is 11.7. The van der Waals surface area contributed by atoms with Crippen LogP contribution in [-0.2, 0) is 0 Å². The minimum atomic E-state index is 1.12. The van der Waals surface area contributed by atoms with E-state index in [1.165, 1.54) is 64.6 Å². The summed E-state index contributed by atoms with van der Waals surface area (Å²) in [6.07, 6.45) is 9.88. The molecule has 0 saturated carbocycles. The van der Waals surface area contributed by atoms with Gasteiger partial charge in [-0.3, -0.25) is 0 Å². The van der Waals surface area contributed by atoms with Crippen molar-refractivity contribution in [3.05, 3.63) is 0 Å². The minimum Gasteiger partial charge on any atom is -0.318 e. The van der Waals surface area contributed by atoms with Crippen LogP contribution in [-0.4, -0.2) is 38.1 Å². The van der Waals surface area contributed by atoms with Crippen LogP contribution in [0.1, 0.15) is 58.8 Å². The molecule has 0 aliphatic heterocycles. The second kappa shape index (κ2) is 13.0. The number of nitrogens with zero attached hydrogens (tertiary/aromatic N) is 1. The highest BCUT2D eigenvalue weighted by Crippen LogP contribution is 2.07. The van der Waals surface area contributed by atoms with Gasteiger partial charge in [-0.2, -0.15) is 0 Å². The maximum Gasteiger partial charge on any atom is 0.0107 e. The van der Waals surface area contributed by atoms with E-state index in [-0.39, 0.29) is 0 Å². The van der Waals surface area contributed by atoms with E-state index in [4.69, 9.17) is 0 Å². The zero-order valence-corrected chi connectivity index (χ0v) is 11.7. The van der Waals surface area contributed by atoms with E-state index in [2.05, 4.69) is 24.1 Å². The van der Waals surface area contributed by atoms with Crippen molar-refractivity contribution in [2.24, 2.45) is 0 Å². The van der Waals surface area contributed by atoms with Crippen molar-refractivity contribution >= 4 is 0 Å². The van der Waals surface area contributed by atoms with Gasteiger partial charge in [0.05, 0.1) is 0 Å². The molecule has 2 nitrogen and oxygen atoms in total. The molecule has 0 aromatic carbocycles. The molecule has 0 bridgehead atoms. The van der Waals surface area contributed by atoms with Crippen LogP contribution in [0.15, 0.2) is 0 Å². The third kappa shape index (κ3) is 10.4. The van der Waals surface area contributed by atoms with Gasteiger partial charge < -0.3 is 10.2 Å². The van der Waals surface area contributed by atoms with Crippen LogP contribution < -0.4 is 5.32 Å². The first-order valence-electron chi connectivity index (χ1n) is 7.22. The molecule has 0 radical (unpaired) electrons. The highest BCUT2D eigenvalue weighted by molar-refractivity contribution is 4.57. The summed E-state index contributed by atoms with van der Waals surface area (Å²) in [6, 6.07) is 0. The Morgan fingerprint density at radius 2 is 1.44 bits per heavy atom. The summed E-state index contributed by atoms with van der Waals surface area (Å²) in [4.78, 5) is 2.54. The van der Waals surface area contributed by atoms with Gasteiger partial charge in [0, 0.05) is 13.1 Å². The summed E-state index contributed by atoms with van der Waals surface area (Å²) in [7, 11) is 2.03. The van der Waals surface area contributed by atoms with E-state index < -0.39 is 0 Å². The Morgan fingerprint density at radius 3 is 2.00 bits per heavy atom. The molecule has 1 N–H and O–H groups in total. The van der Waals surface area contributed by atoms with Crippen LogP contribution >= 0.6 is 0 Å². The molecule has 0 saturated heterocycles. The fraction of sp³-hybridized carbons (Fsp3) is 1.00. The fourth-order valence-electron chi connectivity index (χ4n) is 1.99. The summed E-state index contributed by atoms with van der Waals surface area (Å²) < 4.78 is 0. The van der Waals surface area contributed by atoms with Gasteiger partial charge in [-0.15, -0.1) is 0 Å². The third-order valence-electron chi connectivity index (χ3n) is 3.20. The lowest BCUT2D eigenvalue weighted by Gasteiger charge is -2.19. The summed E-state index contributed by atoms with van der Waals surface area (Å²) in [5, 5.41) is 3.22. The number of hydrogen-bond acceptors (Lipinski definition) is 2. The Bertz CT molecular complexity index is 126. The summed E-state index contributed by atoms with van der Waals surface area (Å²) in [5.41, 5.74) is 0. The number of hydrogen-bond donors (Lipinski definition) is 1. The van der Waals surface area contributed by atoms with Gasteiger partial charge in [-0.25, -0.2) is 0 Å². The molecule has 0 aliphatic rings. The molecule has 2 heteroatoms. The van der Waals surface area contributed by atoms with Crippen molar-refractivity contribution in [3.63, 3.8) is 0 Å². The van der Waals surface area contributed by atoms with Crippen LogP contribution in [0.4, 0.5) is 0 Å². The summed E-state index contributed by atoms with van der Waals surface area (Å²) in [6.45, 7) is 9.33. The standard InChI is InChI=1S/C14H32N2/c1-4-6-7-8-9-10-11-13-16(5-2)14-12-15-3/h15H,4-14H2,1-3H3. The Balaban J connectivity index is 3.20. The van der Waals surface area contributed by atoms with Gasteiger partial charge in [-0.05, 0) is 26.6 Å². The first kappa shape index (κ1) is 15.9. The monoisotopic (exact) mass is 228 g/mol. The van der Waals surface area contributed by atoms with Crippen molar-refractivity contribution in [2.75, 3.05) is 33.2 Å². The summed E-state index contributed by atoms with van der Waals surface area (Å²) >= 11 is 0. The van der Waals surface area contributed by atoms with Gasteiger partial charge >= 0.3 is 0 Å². The minimum absolute atomic E-state index is 1.12. The van der Waals surface area contributed by atoms with Gasteiger partial charge in [0.1, 0.15) is 0 Å². The van der Waals surface area contributed by atoms with Crippen molar-refractivity contribution in [2.45, 2.75) is 58.8 Å². The quantitative estimate of drug-likeness (QED) is 0.516. The summed E-state index contributed by atoms with van der Waals surface area (Å²) in [5.74, 6) is 0. The lowest BCUT2D eigenvalue weighted by Crippen LogP contribution is -2.31. The molecule has 0 unspecified atom stereocenters. The molecule has 98 valence electrons. The first-order chi connectivity index (χ1) is 7.85. The second-order valence-corrected chi connectivity index (χ2v) is 4.66. The van der Waals surface area contributed by atoms with E-state index in [1.807, 2.05) is 7.05 Å². The molecule has 0 atom stereocenters. The third-order valence-corrected chi connectivity index (χ3v) is 3.20. The lowest BCUT2D eigenvalue weighted by molar-refractivity contribution is 0.282. The van der Waals surface area contributed by atoms with E-state index in [9.17, 15) is 0 Å². The predicted octanol–water partition coefficient (Wildman–Crippen LogP) is 3.28. The highest BCUT2D eigenvalue weighted by Gasteiger charge is 2.00. The van der Waals surface area contributed by atoms with E-state index >= 15 is 0 Å². The molecule has 0 aromatic rings. The Morgan fingerprint density at radius 1 is 0.812 bits per heavy atom. The van der Waals surface area contributed by atoms with Crippen LogP contribution in [0.25, 0.3) is 0 Å². The van der Waals surface area contributed by atoms with Crippen LogP contribution in [0.5, 0.6) is 0 Å². The molecule has 0 heterocycles. The average molecular weight is 228 g/mol. The molecular weight excluding hydrogens is 196 g/mol. The Kier molecular flexibility index (Phi) is 12.9. The molecule has 16 heavy (non-hydrogen) atoms. The van der Waals surface area contributed by atoms with Crippen molar-refractivity contribution < 1.29 is 0 Å². The molecular formula is C14H32N2.